The Morgan fingerprint density at radius 1 is 1.00 bits per heavy atom. The van der Waals surface area contributed by atoms with Crippen LogP contribution < -0.4 is 0 Å². The molecule has 0 bridgehead atoms. The lowest BCUT2D eigenvalue weighted by Gasteiger charge is -2.21. The fourth-order valence-corrected chi connectivity index (χ4v) is 3.07. The summed E-state index contributed by atoms with van der Waals surface area (Å²) in [5.74, 6) is 1.05. The maximum atomic E-state index is 12.4. The van der Waals surface area contributed by atoms with Crippen molar-refractivity contribution in [2.75, 3.05) is 7.05 Å². The number of nitrogens with zero attached hydrogens (tertiary/aromatic N) is 1. The van der Waals surface area contributed by atoms with Gasteiger partial charge >= 0.3 is 0 Å². The van der Waals surface area contributed by atoms with Crippen molar-refractivity contribution < 1.29 is 4.79 Å². The zero-order chi connectivity index (χ0) is 15.1. The summed E-state index contributed by atoms with van der Waals surface area (Å²) in [5, 5.41) is -0.0288. The van der Waals surface area contributed by atoms with Gasteiger partial charge in [-0.2, -0.15) is 0 Å². The van der Waals surface area contributed by atoms with Crippen LogP contribution >= 0.6 is 11.8 Å². The zero-order valence-electron chi connectivity index (χ0n) is 12.5. The third-order valence-corrected chi connectivity index (χ3v) is 4.53. The van der Waals surface area contributed by atoms with Gasteiger partial charge < -0.3 is 4.90 Å². The molecule has 2 rings (SSSR count). The highest BCUT2D eigenvalue weighted by Crippen LogP contribution is 2.19. The van der Waals surface area contributed by atoms with E-state index in [9.17, 15) is 4.79 Å². The van der Waals surface area contributed by atoms with E-state index in [1.807, 2.05) is 62.5 Å². The van der Waals surface area contributed by atoms with Gasteiger partial charge in [0.2, 0.25) is 5.91 Å². The molecule has 0 N–H and O–H groups in total. The lowest BCUT2D eigenvalue weighted by Crippen LogP contribution is -2.32. The highest BCUT2D eigenvalue weighted by molar-refractivity contribution is 7.99. The molecule has 3 heteroatoms. The smallest absolute Gasteiger partial charge is 0.235 e. The molecule has 21 heavy (non-hydrogen) atoms. The first-order valence-electron chi connectivity index (χ1n) is 7.11. The molecule has 0 aliphatic heterocycles. The number of carbonyl (C=O) groups is 1. The molecule has 0 unspecified atom stereocenters. The van der Waals surface area contributed by atoms with Crippen molar-refractivity contribution in [1.29, 1.82) is 0 Å². The number of amides is 1. The standard InChI is InChI=1S/C18H21NOS/c1-15(21-14-17-11-7-4-8-12-17)18(20)19(2)13-16-9-5-3-6-10-16/h3-12,15H,13-14H2,1-2H3/t15-/m1/s1. The van der Waals surface area contributed by atoms with Crippen LogP contribution in [0.4, 0.5) is 0 Å². The molecule has 0 saturated heterocycles. The molecule has 2 aromatic carbocycles. The molecule has 0 aromatic heterocycles. The van der Waals surface area contributed by atoms with Crippen molar-refractivity contribution in [3.8, 4) is 0 Å². The second kappa shape index (κ2) is 7.89. The van der Waals surface area contributed by atoms with Crippen LogP contribution in [0.1, 0.15) is 18.1 Å². The average Bonchev–Trinajstić information content (AvgIpc) is 2.53. The molecule has 2 nitrogen and oxygen atoms in total. The normalized spacial score (nSPS) is 11.9. The molecule has 110 valence electrons. The van der Waals surface area contributed by atoms with Gasteiger partial charge in [-0.3, -0.25) is 4.79 Å². The van der Waals surface area contributed by atoms with Crippen LogP contribution in [0.2, 0.25) is 0 Å². The molecule has 1 amide bonds. The van der Waals surface area contributed by atoms with E-state index in [2.05, 4.69) is 12.1 Å². The molecule has 0 aliphatic rings. The average molecular weight is 299 g/mol. The highest BCUT2D eigenvalue weighted by atomic mass is 32.2. The first-order valence-corrected chi connectivity index (χ1v) is 8.16. The summed E-state index contributed by atoms with van der Waals surface area (Å²) in [5.41, 5.74) is 2.42. The maximum absolute atomic E-state index is 12.4. The van der Waals surface area contributed by atoms with Gasteiger partial charge in [-0.25, -0.2) is 0 Å². The molecule has 0 saturated carbocycles. The Hall–Kier alpha value is -1.74. The zero-order valence-corrected chi connectivity index (χ0v) is 13.3. The Morgan fingerprint density at radius 2 is 1.52 bits per heavy atom. The van der Waals surface area contributed by atoms with Crippen LogP contribution in [0.5, 0.6) is 0 Å². The van der Waals surface area contributed by atoms with Crippen molar-refractivity contribution in [2.24, 2.45) is 0 Å². The van der Waals surface area contributed by atoms with E-state index in [1.54, 1.807) is 16.7 Å². The minimum absolute atomic E-state index is 0.0288. The third-order valence-electron chi connectivity index (χ3n) is 3.33. The highest BCUT2D eigenvalue weighted by Gasteiger charge is 2.17. The first-order chi connectivity index (χ1) is 10.2. The number of hydrogen-bond acceptors (Lipinski definition) is 2. The first kappa shape index (κ1) is 15.6. The molecule has 0 radical (unpaired) electrons. The molecule has 0 fully saturated rings. The molecule has 0 aliphatic carbocycles. The van der Waals surface area contributed by atoms with Gasteiger partial charge in [0.05, 0.1) is 5.25 Å². The lowest BCUT2D eigenvalue weighted by molar-refractivity contribution is -0.129. The van der Waals surface area contributed by atoms with Gasteiger partial charge in [-0.1, -0.05) is 60.7 Å². The van der Waals surface area contributed by atoms with Gasteiger partial charge in [-0.15, -0.1) is 11.8 Å². The Morgan fingerprint density at radius 3 is 2.10 bits per heavy atom. The van der Waals surface area contributed by atoms with Crippen molar-refractivity contribution in [3.05, 3.63) is 71.8 Å². The number of thioether (sulfide) groups is 1. The Balaban J connectivity index is 1.84. The second-order valence-electron chi connectivity index (χ2n) is 5.12. The van der Waals surface area contributed by atoms with E-state index in [4.69, 9.17) is 0 Å². The van der Waals surface area contributed by atoms with Crippen LogP contribution in [0.3, 0.4) is 0 Å². The molecule has 0 spiro atoms. The van der Waals surface area contributed by atoms with E-state index in [1.165, 1.54) is 5.56 Å². The Kier molecular flexibility index (Phi) is 5.88. The van der Waals surface area contributed by atoms with Gasteiger partial charge in [0.25, 0.3) is 0 Å². The Bertz CT molecular complexity index is 556. The monoisotopic (exact) mass is 299 g/mol. The van der Waals surface area contributed by atoms with Crippen molar-refractivity contribution in [3.63, 3.8) is 0 Å². The maximum Gasteiger partial charge on any atom is 0.235 e. The van der Waals surface area contributed by atoms with Crippen LogP contribution in [0.25, 0.3) is 0 Å². The van der Waals surface area contributed by atoms with Crippen LogP contribution in [-0.2, 0) is 17.1 Å². The van der Waals surface area contributed by atoms with E-state index >= 15 is 0 Å². The van der Waals surface area contributed by atoms with E-state index in [0.717, 1.165) is 11.3 Å². The van der Waals surface area contributed by atoms with Gasteiger partial charge in [0, 0.05) is 19.3 Å². The van der Waals surface area contributed by atoms with Gasteiger partial charge in [0.15, 0.2) is 0 Å². The van der Waals surface area contributed by atoms with E-state index < -0.39 is 0 Å². The topological polar surface area (TPSA) is 20.3 Å². The summed E-state index contributed by atoms with van der Waals surface area (Å²) in [6, 6.07) is 20.4. The molecule has 1 atom stereocenters. The van der Waals surface area contributed by atoms with Gasteiger partial charge in [-0.05, 0) is 18.1 Å². The predicted octanol–water partition coefficient (Wildman–Crippen LogP) is 3.97. The van der Waals surface area contributed by atoms with Crippen LogP contribution in [0, 0.1) is 0 Å². The number of hydrogen-bond donors (Lipinski definition) is 0. The minimum atomic E-state index is -0.0288. The SMILES string of the molecule is C[C@@H](SCc1ccccc1)C(=O)N(C)Cc1ccccc1. The predicted molar refractivity (Wildman–Crippen MR) is 90.1 cm³/mol. The second-order valence-corrected chi connectivity index (χ2v) is 6.45. The van der Waals surface area contributed by atoms with Gasteiger partial charge in [0.1, 0.15) is 0 Å². The molecular weight excluding hydrogens is 278 g/mol. The summed E-state index contributed by atoms with van der Waals surface area (Å²) in [6.07, 6.45) is 0. The van der Waals surface area contributed by atoms with E-state index in [0.29, 0.717) is 6.54 Å². The molecule has 2 aromatic rings. The summed E-state index contributed by atoms with van der Waals surface area (Å²) in [7, 11) is 1.87. The summed E-state index contributed by atoms with van der Waals surface area (Å²) in [6.45, 7) is 2.65. The van der Waals surface area contributed by atoms with Crippen LogP contribution in [-0.4, -0.2) is 23.1 Å². The van der Waals surface area contributed by atoms with Crippen molar-refractivity contribution in [2.45, 2.75) is 24.5 Å². The van der Waals surface area contributed by atoms with E-state index in [-0.39, 0.29) is 11.2 Å². The summed E-state index contributed by atoms with van der Waals surface area (Å²) < 4.78 is 0. The summed E-state index contributed by atoms with van der Waals surface area (Å²) in [4.78, 5) is 14.2. The Labute approximate surface area is 131 Å². The largest absolute Gasteiger partial charge is 0.340 e. The number of benzene rings is 2. The fourth-order valence-electron chi connectivity index (χ4n) is 2.11. The van der Waals surface area contributed by atoms with Crippen molar-refractivity contribution in [1.82, 2.24) is 4.90 Å². The number of carbonyl (C=O) groups excluding carboxylic acids is 1. The van der Waals surface area contributed by atoms with Crippen molar-refractivity contribution >= 4 is 17.7 Å². The van der Waals surface area contributed by atoms with Crippen LogP contribution in [0.15, 0.2) is 60.7 Å². The quantitative estimate of drug-likeness (QED) is 0.804. The summed E-state index contributed by atoms with van der Waals surface area (Å²) >= 11 is 1.69. The third kappa shape index (κ3) is 4.94. The molecular formula is C18H21NOS. The lowest BCUT2D eigenvalue weighted by atomic mass is 10.2. The fraction of sp³-hybridized carbons (Fsp3) is 0.278. The number of rotatable bonds is 6. The minimum Gasteiger partial charge on any atom is -0.340 e. The molecule has 0 heterocycles.